The molecular weight excluding hydrogens is 469 g/mol. The van der Waals surface area contributed by atoms with Crippen molar-refractivity contribution in [2.75, 3.05) is 12.4 Å². The van der Waals surface area contributed by atoms with Crippen LogP contribution in [0.3, 0.4) is 0 Å². The first-order valence-electron chi connectivity index (χ1n) is 10.4. The number of benzene rings is 3. The molecule has 4 rings (SSSR count). The number of nitrogens with zero attached hydrogens (tertiary/aromatic N) is 2. The van der Waals surface area contributed by atoms with Crippen LogP contribution in [0.2, 0.25) is 0 Å². The molecule has 0 bridgehead atoms. The van der Waals surface area contributed by atoms with Crippen molar-refractivity contribution in [3.8, 4) is 5.75 Å². The number of carbonyl (C=O) groups excluding carboxylic acids is 1. The van der Waals surface area contributed by atoms with Crippen LogP contribution in [0.25, 0.3) is 0 Å². The fourth-order valence-corrected chi connectivity index (χ4v) is 4.69. The number of nitrogens with one attached hydrogen (secondary N) is 1. The van der Waals surface area contributed by atoms with E-state index in [-0.39, 0.29) is 17.4 Å². The lowest BCUT2D eigenvalue weighted by molar-refractivity contribution is 0.101. The fourth-order valence-electron chi connectivity index (χ4n) is 3.02. The van der Waals surface area contributed by atoms with Crippen molar-refractivity contribution < 1.29 is 13.9 Å². The van der Waals surface area contributed by atoms with Gasteiger partial charge in [0.1, 0.15) is 17.3 Å². The molecule has 0 saturated carbocycles. The van der Waals surface area contributed by atoms with E-state index >= 15 is 0 Å². The second-order valence-electron chi connectivity index (χ2n) is 7.34. The Hall–Kier alpha value is -3.36. The lowest BCUT2D eigenvalue weighted by Gasteiger charge is -2.11. The average molecular weight is 492 g/mol. The minimum absolute atomic E-state index is 0.257. The van der Waals surface area contributed by atoms with Crippen LogP contribution < -0.4 is 10.1 Å². The average Bonchev–Trinajstić information content (AvgIpc) is 2.86. The zero-order valence-corrected chi connectivity index (χ0v) is 20.3. The van der Waals surface area contributed by atoms with Crippen LogP contribution in [0.4, 0.5) is 10.1 Å². The van der Waals surface area contributed by atoms with Crippen molar-refractivity contribution >= 4 is 35.1 Å². The summed E-state index contributed by atoms with van der Waals surface area (Å²) in [5.41, 5.74) is 2.58. The summed E-state index contributed by atoms with van der Waals surface area (Å²) in [6.45, 7) is 2.02. The van der Waals surface area contributed by atoms with E-state index in [0.29, 0.717) is 32.8 Å². The molecule has 172 valence electrons. The second-order valence-corrected chi connectivity index (χ2v) is 9.40. The lowest BCUT2D eigenvalue weighted by Crippen LogP contribution is -2.16. The highest BCUT2D eigenvalue weighted by Gasteiger charge is 2.18. The van der Waals surface area contributed by atoms with Gasteiger partial charge in [-0.1, -0.05) is 59.4 Å². The minimum Gasteiger partial charge on any atom is -0.497 e. The van der Waals surface area contributed by atoms with Crippen LogP contribution in [-0.4, -0.2) is 23.0 Å². The van der Waals surface area contributed by atoms with E-state index in [1.807, 2.05) is 31.2 Å². The number of aromatic nitrogens is 2. The number of methoxy groups -OCH3 is 1. The molecule has 1 N–H and O–H groups in total. The highest BCUT2D eigenvalue weighted by atomic mass is 32.2. The number of amides is 1. The number of aryl methyl sites for hydroxylation is 1. The Bertz CT molecular complexity index is 1280. The summed E-state index contributed by atoms with van der Waals surface area (Å²) in [7, 11) is 1.59. The molecule has 0 atom stereocenters. The Morgan fingerprint density at radius 1 is 1.03 bits per heavy atom. The molecule has 8 heteroatoms. The van der Waals surface area contributed by atoms with Gasteiger partial charge in [-0.3, -0.25) is 4.79 Å². The van der Waals surface area contributed by atoms with Crippen LogP contribution in [0.5, 0.6) is 5.75 Å². The lowest BCUT2D eigenvalue weighted by atomic mass is 10.2. The third-order valence-corrected chi connectivity index (χ3v) is 6.80. The smallest absolute Gasteiger partial charge is 0.275 e. The van der Waals surface area contributed by atoms with E-state index in [4.69, 9.17) is 4.74 Å². The van der Waals surface area contributed by atoms with Crippen molar-refractivity contribution in [2.45, 2.75) is 27.6 Å². The van der Waals surface area contributed by atoms with Gasteiger partial charge in [0.2, 0.25) is 0 Å². The molecule has 1 heterocycles. The molecule has 5 nitrogen and oxygen atoms in total. The Kier molecular flexibility index (Phi) is 7.82. The maximum atomic E-state index is 14.0. The Morgan fingerprint density at radius 3 is 2.47 bits per heavy atom. The molecule has 0 aliphatic carbocycles. The van der Waals surface area contributed by atoms with Gasteiger partial charge in [-0.05, 0) is 55.0 Å². The van der Waals surface area contributed by atoms with Crippen molar-refractivity contribution in [1.29, 1.82) is 0 Å². The topological polar surface area (TPSA) is 64.1 Å². The maximum absolute atomic E-state index is 14.0. The molecule has 0 spiro atoms. The van der Waals surface area contributed by atoms with Crippen molar-refractivity contribution in [3.05, 3.63) is 102 Å². The fraction of sp³-hybridized carbons (Fsp3) is 0.115. The van der Waals surface area contributed by atoms with E-state index in [1.54, 1.807) is 55.8 Å². The molecule has 1 amide bonds. The molecule has 4 aromatic rings. The highest BCUT2D eigenvalue weighted by Crippen LogP contribution is 2.32. The zero-order chi connectivity index (χ0) is 23.9. The van der Waals surface area contributed by atoms with E-state index in [2.05, 4.69) is 15.3 Å². The quantitative estimate of drug-likeness (QED) is 0.220. The molecule has 1 aromatic heterocycles. The monoisotopic (exact) mass is 491 g/mol. The Balaban J connectivity index is 1.59. The number of thioether (sulfide) groups is 1. The van der Waals surface area contributed by atoms with Crippen LogP contribution in [0, 0.1) is 12.7 Å². The van der Waals surface area contributed by atoms with Gasteiger partial charge in [0.15, 0.2) is 5.16 Å². The normalized spacial score (nSPS) is 10.7. The maximum Gasteiger partial charge on any atom is 0.275 e. The third-order valence-electron chi connectivity index (χ3n) is 4.86. The number of carbonyl (C=O) groups is 1. The van der Waals surface area contributed by atoms with E-state index < -0.39 is 0 Å². The second kappa shape index (κ2) is 11.2. The van der Waals surface area contributed by atoms with Crippen LogP contribution in [0.1, 0.15) is 21.6 Å². The molecule has 3 aromatic carbocycles. The standard InChI is InChI=1S/C26H22FN3O2S2/c1-17-7-13-21(14-8-17)34-23-15-28-26(33-16-18-5-3-4-6-22(18)27)30-24(23)25(31)29-19-9-11-20(32-2)12-10-19/h3-15H,16H2,1-2H3,(H,29,31). The van der Waals surface area contributed by atoms with Gasteiger partial charge in [0.05, 0.1) is 12.0 Å². The van der Waals surface area contributed by atoms with Gasteiger partial charge in [0.25, 0.3) is 5.91 Å². The van der Waals surface area contributed by atoms with Crippen molar-refractivity contribution in [3.63, 3.8) is 0 Å². The predicted octanol–water partition coefficient (Wildman–Crippen LogP) is 6.63. The van der Waals surface area contributed by atoms with Gasteiger partial charge < -0.3 is 10.1 Å². The first kappa shape index (κ1) is 23.8. The number of hydrogen-bond acceptors (Lipinski definition) is 6. The first-order chi connectivity index (χ1) is 16.5. The van der Waals surface area contributed by atoms with Crippen molar-refractivity contribution in [1.82, 2.24) is 9.97 Å². The Morgan fingerprint density at radius 2 is 1.76 bits per heavy atom. The molecular formula is C26H22FN3O2S2. The molecule has 0 saturated heterocycles. The largest absolute Gasteiger partial charge is 0.497 e. The summed E-state index contributed by atoms with van der Waals surface area (Å²) in [4.78, 5) is 23.8. The summed E-state index contributed by atoms with van der Waals surface area (Å²) in [5, 5.41) is 3.29. The molecule has 34 heavy (non-hydrogen) atoms. The van der Waals surface area contributed by atoms with Gasteiger partial charge in [-0.2, -0.15) is 0 Å². The SMILES string of the molecule is COc1ccc(NC(=O)c2nc(SCc3ccccc3F)ncc2Sc2ccc(C)cc2)cc1. The molecule has 0 aliphatic rings. The van der Waals surface area contributed by atoms with Crippen LogP contribution in [-0.2, 0) is 5.75 Å². The molecule has 0 fully saturated rings. The van der Waals surface area contributed by atoms with E-state index in [1.165, 1.54) is 29.6 Å². The molecule has 0 radical (unpaired) electrons. The van der Waals surface area contributed by atoms with Gasteiger partial charge >= 0.3 is 0 Å². The highest BCUT2D eigenvalue weighted by molar-refractivity contribution is 7.99. The van der Waals surface area contributed by atoms with Crippen LogP contribution >= 0.6 is 23.5 Å². The first-order valence-corrected chi connectivity index (χ1v) is 12.2. The van der Waals surface area contributed by atoms with Gasteiger partial charge in [0, 0.05) is 22.5 Å². The number of hydrogen-bond donors (Lipinski definition) is 1. The summed E-state index contributed by atoms with van der Waals surface area (Å²) in [6.07, 6.45) is 1.64. The summed E-state index contributed by atoms with van der Waals surface area (Å²) in [5.74, 6) is 0.424. The molecule has 0 aliphatic heterocycles. The van der Waals surface area contributed by atoms with Gasteiger partial charge in [-0.25, -0.2) is 14.4 Å². The number of rotatable bonds is 8. The number of halogens is 1. The number of ether oxygens (including phenoxy) is 1. The summed E-state index contributed by atoms with van der Waals surface area (Å²) < 4.78 is 19.2. The van der Waals surface area contributed by atoms with Crippen molar-refractivity contribution in [2.24, 2.45) is 0 Å². The predicted molar refractivity (Wildman–Crippen MR) is 134 cm³/mol. The summed E-state index contributed by atoms with van der Waals surface area (Å²) in [6, 6.07) is 21.7. The van der Waals surface area contributed by atoms with Crippen LogP contribution in [0.15, 0.2) is 93.9 Å². The van der Waals surface area contributed by atoms with E-state index in [0.717, 1.165) is 10.5 Å². The third kappa shape index (κ3) is 6.15. The number of anilines is 1. The summed E-state index contributed by atoms with van der Waals surface area (Å²) >= 11 is 2.70. The Labute approximate surface area is 206 Å². The molecule has 0 unspecified atom stereocenters. The van der Waals surface area contributed by atoms with Gasteiger partial charge in [-0.15, -0.1) is 0 Å². The minimum atomic E-state index is -0.352. The van der Waals surface area contributed by atoms with E-state index in [9.17, 15) is 9.18 Å². The zero-order valence-electron chi connectivity index (χ0n) is 18.6.